The van der Waals surface area contributed by atoms with Crippen LogP contribution in [-0.2, 0) is 9.63 Å². The number of hydrogen-bond acceptors (Lipinski definition) is 7. The van der Waals surface area contributed by atoms with Gasteiger partial charge in [-0.05, 0) is 62.6 Å². The average Bonchev–Trinajstić information content (AvgIpc) is 2.93. The molecule has 3 aromatic rings. The molecule has 1 saturated heterocycles. The molecule has 0 unspecified atom stereocenters. The van der Waals surface area contributed by atoms with Crippen molar-refractivity contribution in [2.75, 3.05) is 19.3 Å². The van der Waals surface area contributed by atoms with Crippen molar-refractivity contribution in [3.8, 4) is 11.3 Å². The number of carbonyl (C=O) groups is 2. The minimum absolute atomic E-state index is 0.0360. The Bertz CT molecular complexity index is 1520. The number of benzene rings is 2. The zero-order valence-electron chi connectivity index (χ0n) is 22.4. The van der Waals surface area contributed by atoms with E-state index in [0.29, 0.717) is 37.0 Å². The van der Waals surface area contributed by atoms with E-state index in [-0.39, 0.29) is 18.4 Å². The number of rotatable bonds is 7. The Hall–Kier alpha value is -2.95. The standard InChI is InChI=1S/C30H31BrN4O4S/c1-18-25(22-14-20(31)8-9-23(22)32-26(18)19-6-4-3-5-7-19)27(36)33-30-12-10-29(11-13-30,28(37)38)15-24(30)34-39-21-16-35(17-21)40-2/h3-9,14,21H,10-13,15-17H2,1-2H3,(H,33,36)(H,37,38)/b34-24+. The quantitative estimate of drug-likeness (QED) is 0.252. The van der Waals surface area contributed by atoms with E-state index in [0.717, 1.165) is 45.3 Å². The van der Waals surface area contributed by atoms with Crippen LogP contribution in [0.3, 0.4) is 0 Å². The van der Waals surface area contributed by atoms with Crippen LogP contribution in [0.25, 0.3) is 22.2 Å². The number of nitrogens with zero attached hydrogens (tertiary/aromatic N) is 3. The average molecular weight is 624 g/mol. The highest BCUT2D eigenvalue weighted by Crippen LogP contribution is 2.51. The third kappa shape index (κ3) is 4.69. The molecule has 3 saturated carbocycles. The Morgan fingerprint density at radius 3 is 2.55 bits per heavy atom. The zero-order valence-corrected chi connectivity index (χ0v) is 24.8. The summed E-state index contributed by atoms with van der Waals surface area (Å²) in [6, 6.07) is 15.6. The predicted molar refractivity (Wildman–Crippen MR) is 160 cm³/mol. The molecule has 2 N–H and O–H groups in total. The Kier molecular flexibility index (Phi) is 7.13. The number of carboxylic acid groups (broad SMARTS) is 1. The van der Waals surface area contributed by atoms with Gasteiger partial charge in [0.25, 0.3) is 5.91 Å². The molecule has 1 amide bonds. The molecule has 3 aliphatic carbocycles. The number of pyridine rings is 1. The number of halogens is 1. The van der Waals surface area contributed by atoms with E-state index in [1.807, 2.05) is 61.7 Å². The second-order valence-corrected chi connectivity index (χ2v) is 12.9. The van der Waals surface area contributed by atoms with Crippen molar-refractivity contribution in [1.29, 1.82) is 0 Å². The van der Waals surface area contributed by atoms with E-state index in [1.165, 1.54) is 0 Å². The van der Waals surface area contributed by atoms with Crippen molar-refractivity contribution in [3.05, 3.63) is 64.1 Å². The summed E-state index contributed by atoms with van der Waals surface area (Å²) in [4.78, 5) is 37.4. The number of carbonyl (C=O) groups excluding carboxylic acids is 1. The molecule has 1 aliphatic heterocycles. The molecular formula is C30H31BrN4O4S. The summed E-state index contributed by atoms with van der Waals surface area (Å²) in [6.07, 6.45) is 4.25. The van der Waals surface area contributed by atoms with Crippen molar-refractivity contribution < 1.29 is 19.5 Å². The lowest BCUT2D eigenvalue weighted by Gasteiger charge is -2.51. The van der Waals surface area contributed by atoms with Gasteiger partial charge in [0.1, 0.15) is 0 Å². The molecule has 8 nitrogen and oxygen atoms in total. The lowest BCUT2D eigenvalue weighted by atomic mass is 9.56. The molecule has 0 radical (unpaired) electrons. The van der Waals surface area contributed by atoms with Gasteiger partial charge >= 0.3 is 5.97 Å². The second kappa shape index (κ2) is 10.5. The summed E-state index contributed by atoms with van der Waals surface area (Å²) >= 11 is 5.22. The van der Waals surface area contributed by atoms with Gasteiger partial charge in [0.2, 0.25) is 0 Å². The zero-order chi connectivity index (χ0) is 28.1. The number of hydrogen-bond donors (Lipinski definition) is 2. The van der Waals surface area contributed by atoms with Crippen LogP contribution >= 0.6 is 27.9 Å². The van der Waals surface area contributed by atoms with E-state index in [1.54, 1.807) is 11.9 Å². The minimum Gasteiger partial charge on any atom is -0.481 e. The fourth-order valence-electron chi connectivity index (χ4n) is 6.25. The maximum absolute atomic E-state index is 14.3. The summed E-state index contributed by atoms with van der Waals surface area (Å²) in [5, 5.41) is 18.8. The first-order chi connectivity index (χ1) is 19.2. The van der Waals surface area contributed by atoms with Crippen LogP contribution < -0.4 is 5.32 Å². The van der Waals surface area contributed by atoms with Crippen LogP contribution in [0, 0.1) is 12.3 Å². The highest BCUT2D eigenvalue weighted by Gasteiger charge is 2.57. The topological polar surface area (TPSA) is 104 Å². The van der Waals surface area contributed by atoms with Crippen molar-refractivity contribution in [2.45, 2.75) is 50.7 Å². The van der Waals surface area contributed by atoms with E-state index >= 15 is 0 Å². The molecule has 7 rings (SSSR count). The van der Waals surface area contributed by atoms with Crippen LogP contribution in [0.1, 0.15) is 48.0 Å². The Labute approximate surface area is 245 Å². The number of aliphatic carboxylic acids is 1. The van der Waals surface area contributed by atoms with Gasteiger partial charge in [0.05, 0.1) is 46.5 Å². The van der Waals surface area contributed by atoms with Gasteiger partial charge in [-0.1, -0.05) is 63.4 Å². The van der Waals surface area contributed by atoms with E-state index < -0.39 is 16.9 Å². The molecule has 2 bridgehead atoms. The summed E-state index contributed by atoms with van der Waals surface area (Å²) in [6.45, 7) is 3.47. The van der Waals surface area contributed by atoms with Gasteiger partial charge in [-0.15, -0.1) is 0 Å². The van der Waals surface area contributed by atoms with Crippen LogP contribution in [-0.4, -0.2) is 63.0 Å². The number of aromatic nitrogens is 1. The number of nitrogens with one attached hydrogen (secondary N) is 1. The van der Waals surface area contributed by atoms with Crippen molar-refractivity contribution in [2.24, 2.45) is 10.6 Å². The predicted octanol–water partition coefficient (Wildman–Crippen LogP) is 5.82. The second-order valence-electron chi connectivity index (χ2n) is 11.1. The molecule has 1 aromatic heterocycles. The van der Waals surface area contributed by atoms with Gasteiger partial charge in [-0.3, -0.25) is 9.59 Å². The maximum atomic E-state index is 14.3. The molecule has 40 heavy (non-hydrogen) atoms. The van der Waals surface area contributed by atoms with Gasteiger partial charge in [0, 0.05) is 21.8 Å². The number of fused-ring (bicyclic) bond motifs is 4. The molecule has 2 heterocycles. The number of oxime groups is 1. The van der Waals surface area contributed by atoms with Gasteiger partial charge in [0.15, 0.2) is 6.10 Å². The molecule has 4 aliphatic rings. The summed E-state index contributed by atoms with van der Waals surface area (Å²) in [5.41, 5.74) is 2.80. The van der Waals surface area contributed by atoms with Crippen LogP contribution in [0.5, 0.6) is 0 Å². The first kappa shape index (κ1) is 27.2. The van der Waals surface area contributed by atoms with Crippen LogP contribution in [0.4, 0.5) is 0 Å². The fraction of sp³-hybridized carbons (Fsp3) is 0.400. The van der Waals surface area contributed by atoms with E-state index in [4.69, 9.17) is 9.82 Å². The van der Waals surface area contributed by atoms with Crippen LogP contribution in [0.15, 0.2) is 58.2 Å². The van der Waals surface area contributed by atoms with Crippen molar-refractivity contribution in [1.82, 2.24) is 14.6 Å². The maximum Gasteiger partial charge on any atom is 0.310 e. The number of carboxylic acids is 1. The summed E-state index contributed by atoms with van der Waals surface area (Å²) in [7, 11) is 0. The molecule has 0 spiro atoms. The Morgan fingerprint density at radius 1 is 1.15 bits per heavy atom. The molecule has 4 fully saturated rings. The highest BCUT2D eigenvalue weighted by atomic mass is 79.9. The third-order valence-electron chi connectivity index (χ3n) is 8.77. The summed E-state index contributed by atoms with van der Waals surface area (Å²) in [5.74, 6) is -1.01. The van der Waals surface area contributed by atoms with Crippen molar-refractivity contribution in [3.63, 3.8) is 0 Å². The van der Waals surface area contributed by atoms with E-state index in [9.17, 15) is 14.7 Å². The van der Waals surface area contributed by atoms with Gasteiger partial charge in [-0.25, -0.2) is 9.29 Å². The Morgan fingerprint density at radius 2 is 1.88 bits per heavy atom. The lowest BCUT2D eigenvalue weighted by molar-refractivity contribution is -0.152. The highest BCUT2D eigenvalue weighted by molar-refractivity contribution is 9.10. The van der Waals surface area contributed by atoms with Gasteiger partial charge in [-0.2, -0.15) is 0 Å². The number of amides is 1. The normalized spacial score (nSPS) is 25.6. The molecule has 2 aromatic carbocycles. The van der Waals surface area contributed by atoms with Gasteiger partial charge < -0.3 is 15.3 Å². The fourth-order valence-corrected chi connectivity index (χ4v) is 7.24. The van der Waals surface area contributed by atoms with Crippen LogP contribution in [0.2, 0.25) is 0 Å². The molecule has 208 valence electrons. The first-order valence-corrected chi connectivity index (χ1v) is 15.4. The molecular weight excluding hydrogens is 592 g/mol. The minimum atomic E-state index is -0.857. The largest absolute Gasteiger partial charge is 0.481 e. The SMILES string of the molecule is CSN1CC(O/N=C2\CC3(C(=O)O)CCC2(NC(=O)c2c(C)c(-c4ccccc4)nc4ccc(Br)cc24)CC3)C1. The molecule has 10 heteroatoms. The molecule has 0 atom stereocenters. The third-order valence-corrected chi connectivity index (χ3v) is 10.1. The van der Waals surface area contributed by atoms with Crippen molar-refractivity contribution >= 4 is 56.4 Å². The van der Waals surface area contributed by atoms with E-state index in [2.05, 4.69) is 30.7 Å². The lowest BCUT2D eigenvalue weighted by Crippen LogP contribution is -2.64. The summed E-state index contributed by atoms with van der Waals surface area (Å²) < 4.78 is 3.03. The first-order valence-electron chi connectivity index (χ1n) is 13.5. The Balaban J connectivity index is 1.38. The smallest absolute Gasteiger partial charge is 0.310 e. The monoisotopic (exact) mass is 622 g/mol.